The zero-order chi connectivity index (χ0) is 24.0. The fourth-order valence-electron chi connectivity index (χ4n) is 3.92. The highest BCUT2D eigenvalue weighted by Crippen LogP contribution is 2.36. The molecule has 0 bridgehead atoms. The molecule has 33 heavy (non-hydrogen) atoms. The van der Waals surface area contributed by atoms with E-state index in [1.165, 1.54) is 0 Å². The molecule has 1 amide bonds. The predicted molar refractivity (Wildman–Crippen MR) is 133 cm³/mol. The number of hydrogen-bond acceptors (Lipinski definition) is 3. The van der Waals surface area contributed by atoms with Crippen molar-refractivity contribution in [2.24, 2.45) is 5.73 Å². The summed E-state index contributed by atoms with van der Waals surface area (Å²) in [6.07, 6.45) is 0. The molecular weight excluding hydrogens is 434 g/mol. The number of nitrogens with two attached hydrogens (primary N) is 1. The number of rotatable bonds is 5. The van der Waals surface area contributed by atoms with Crippen molar-refractivity contribution in [3.05, 3.63) is 83.6 Å². The minimum atomic E-state index is -3.79. The van der Waals surface area contributed by atoms with Crippen LogP contribution in [0.3, 0.4) is 0 Å². The van der Waals surface area contributed by atoms with Crippen LogP contribution in [0.5, 0.6) is 0 Å². The van der Waals surface area contributed by atoms with E-state index >= 15 is 0 Å². The monoisotopic (exact) mass is 461 g/mol. The SMILES string of the molecule is Cc1ccccc1-c1c(C(N)=O)[nH]c2ccc(NS(=O)(=O)c3ccc(C(C)(C)C)cc3)cc12. The molecule has 4 N–H and O–H groups in total. The van der Waals surface area contributed by atoms with Crippen LogP contribution in [0.15, 0.2) is 71.6 Å². The van der Waals surface area contributed by atoms with E-state index in [0.717, 1.165) is 16.7 Å². The van der Waals surface area contributed by atoms with Crippen LogP contribution in [-0.4, -0.2) is 19.3 Å². The molecule has 4 aromatic rings. The van der Waals surface area contributed by atoms with Crippen LogP contribution in [-0.2, 0) is 15.4 Å². The van der Waals surface area contributed by atoms with Crippen LogP contribution in [0.4, 0.5) is 5.69 Å². The lowest BCUT2D eigenvalue weighted by Gasteiger charge is -2.19. The average Bonchev–Trinajstić information content (AvgIpc) is 3.12. The molecule has 4 rings (SSSR count). The number of aryl methyl sites for hydroxylation is 1. The summed E-state index contributed by atoms with van der Waals surface area (Å²) < 4.78 is 28.7. The van der Waals surface area contributed by atoms with Crippen molar-refractivity contribution in [2.75, 3.05) is 4.72 Å². The largest absolute Gasteiger partial charge is 0.364 e. The number of aromatic amines is 1. The van der Waals surface area contributed by atoms with Gasteiger partial charge in [0, 0.05) is 22.2 Å². The van der Waals surface area contributed by atoms with E-state index in [1.54, 1.807) is 30.3 Å². The zero-order valence-electron chi connectivity index (χ0n) is 19.1. The lowest BCUT2D eigenvalue weighted by molar-refractivity contribution is 0.0997. The van der Waals surface area contributed by atoms with Crippen molar-refractivity contribution < 1.29 is 13.2 Å². The fraction of sp³-hybridized carbons (Fsp3) is 0.192. The maximum absolute atomic E-state index is 13.0. The Morgan fingerprint density at radius 2 is 1.64 bits per heavy atom. The normalized spacial score (nSPS) is 12.1. The van der Waals surface area contributed by atoms with E-state index in [-0.39, 0.29) is 16.0 Å². The first kappa shape index (κ1) is 22.6. The predicted octanol–water partition coefficient (Wildman–Crippen LogP) is 5.34. The number of aromatic nitrogens is 1. The van der Waals surface area contributed by atoms with Crippen molar-refractivity contribution in [1.82, 2.24) is 4.98 Å². The molecule has 0 saturated carbocycles. The highest BCUT2D eigenvalue weighted by atomic mass is 32.2. The molecule has 0 aliphatic heterocycles. The highest BCUT2D eigenvalue weighted by Gasteiger charge is 2.21. The molecule has 1 aromatic heterocycles. The lowest BCUT2D eigenvalue weighted by Crippen LogP contribution is -2.14. The van der Waals surface area contributed by atoms with Crippen LogP contribution >= 0.6 is 0 Å². The molecule has 0 atom stereocenters. The van der Waals surface area contributed by atoms with Gasteiger partial charge >= 0.3 is 0 Å². The maximum atomic E-state index is 13.0. The van der Waals surface area contributed by atoms with E-state index < -0.39 is 15.9 Å². The minimum absolute atomic E-state index is 0.0703. The van der Waals surface area contributed by atoms with Gasteiger partial charge in [-0.05, 0) is 59.4 Å². The molecule has 1 heterocycles. The Bertz CT molecular complexity index is 1460. The van der Waals surface area contributed by atoms with Gasteiger partial charge in [-0.15, -0.1) is 0 Å². The van der Waals surface area contributed by atoms with Crippen molar-refractivity contribution >= 4 is 32.5 Å². The summed E-state index contributed by atoms with van der Waals surface area (Å²) in [6, 6.07) is 19.7. The first-order valence-electron chi connectivity index (χ1n) is 10.6. The molecule has 170 valence electrons. The number of nitrogens with one attached hydrogen (secondary N) is 2. The van der Waals surface area contributed by atoms with Gasteiger partial charge in [0.25, 0.3) is 15.9 Å². The molecular formula is C26H27N3O3S. The molecule has 0 spiro atoms. The zero-order valence-corrected chi connectivity index (χ0v) is 19.9. The maximum Gasteiger partial charge on any atom is 0.265 e. The third-order valence-electron chi connectivity index (χ3n) is 5.74. The average molecular weight is 462 g/mol. The van der Waals surface area contributed by atoms with Gasteiger partial charge in [-0.1, -0.05) is 57.2 Å². The Hall–Kier alpha value is -3.58. The summed E-state index contributed by atoms with van der Waals surface area (Å²) >= 11 is 0. The van der Waals surface area contributed by atoms with Gasteiger partial charge in [0.15, 0.2) is 0 Å². The molecule has 3 aromatic carbocycles. The van der Waals surface area contributed by atoms with Crippen LogP contribution in [0, 0.1) is 6.92 Å². The Balaban J connectivity index is 1.77. The number of carbonyl (C=O) groups is 1. The second kappa shape index (κ2) is 8.08. The first-order chi connectivity index (χ1) is 15.5. The van der Waals surface area contributed by atoms with E-state index in [9.17, 15) is 13.2 Å². The fourth-order valence-corrected chi connectivity index (χ4v) is 4.97. The summed E-state index contributed by atoms with van der Waals surface area (Å²) in [5.74, 6) is -0.578. The van der Waals surface area contributed by atoms with Gasteiger partial charge in [0.1, 0.15) is 5.69 Å². The minimum Gasteiger partial charge on any atom is -0.364 e. The first-order valence-corrected chi connectivity index (χ1v) is 12.1. The third kappa shape index (κ3) is 4.36. The van der Waals surface area contributed by atoms with Crippen molar-refractivity contribution in [2.45, 2.75) is 38.0 Å². The molecule has 0 aliphatic carbocycles. The third-order valence-corrected chi connectivity index (χ3v) is 7.14. The molecule has 7 heteroatoms. The number of hydrogen-bond donors (Lipinski definition) is 3. The van der Waals surface area contributed by atoms with Crippen LogP contribution in [0.1, 0.15) is 42.4 Å². The van der Waals surface area contributed by atoms with Crippen LogP contribution in [0.25, 0.3) is 22.0 Å². The summed E-state index contributed by atoms with van der Waals surface area (Å²) in [4.78, 5) is 15.4. The molecule has 6 nitrogen and oxygen atoms in total. The van der Waals surface area contributed by atoms with Crippen LogP contribution < -0.4 is 10.5 Å². The van der Waals surface area contributed by atoms with Gasteiger partial charge in [-0.25, -0.2) is 8.42 Å². The van der Waals surface area contributed by atoms with Gasteiger partial charge in [-0.2, -0.15) is 0 Å². The summed E-state index contributed by atoms with van der Waals surface area (Å²) in [6.45, 7) is 8.18. The Kier molecular flexibility index (Phi) is 5.54. The van der Waals surface area contributed by atoms with E-state index in [2.05, 4.69) is 30.5 Å². The number of H-pyrrole nitrogens is 1. The second-order valence-electron chi connectivity index (χ2n) is 9.19. The molecule has 0 unspecified atom stereocenters. The number of fused-ring (bicyclic) bond motifs is 1. The van der Waals surface area contributed by atoms with Gasteiger partial charge in [0.2, 0.25) is 0 Å². The van der Waals surface area contributed by atoms with Gasteiger partial charge < -0.3 is 10.7 Å². The van der Waals surface area contributed by atoms with E-state index in [0.29, 0.717) is 22.2 Å². The Morgan fingerprint density at radius 3 is 2.24 bits per heavy atom. The van der Waals surface area contributed by atoms with Gasteiger partial charge in [0.05, 0.1) is 4.90 Å². The number of carbonyl (C=O) groups excluding carboxylic acids is 1. The topological polar surface area (TPSA) is 105 Å². The van der Waals surface area contributed by atoms with Crippen molar-refractivity contribution in [3.8, 4) is 11.1 Å². The van der Waals surface area contributed by atoms with E-state index in [1.807, 2.05) is 43.3 Å². The van der Waals surface area contributed by atoms with Crippen LogP contribution in [0.2, 0.25) is 0 Å². The number of amides is 1. The number of primary amides is 1. The molecule has 0 saturated heterocycles. The lowest BCUT2D eigenvalue weighted by atomic mass is 9.87. The van der Waals surface area contributed by atoms with Gasteiger partial charge in [-0.3, -0.25) is 9.52 Å². The highest BCUT2D eigenvalue weighted by molar-refractivity contribution is 7.92. The Morgan fingerprint density at radius 1 is 0.970 bits per heavy atom. The van der Waals surface area contributed by atoms with Crippen molar-refractivity contribution in [3.63, 3.8) is 0 Å². The number of anilines is 1. The summed E-state index contributed by atoms with van der Waals surface area (Å²) in [7, 11) is -3.79. The standard InChI is InChI=1S/C26H27N3O3S/c1-16-7-5-6-8-20(16)23-21-15-18(11-14-22(21)28-24(23)25(27)30)29-33(31,32)19-12-9-17(10-13-19)26(2,3)4/h5-15,28-29H,1-4H3,(H2,27,30). The molecule has 0 aliphatic rings. The molecule has 0 radical (unpaired) electrons. The quantitative estimate of drug-likeness (QED) is 0.373. The Labute approximate surface area is 193 Å². The summed E-state index contributed by atoms with van der Waals surface area (Å²) in [5.41, 5.74) is 10.5. The van der Waals surface area contributed by atoms with Crippen molar-refractivity contribution in [1.29, 1.82) is 0 Å². The number of benzene rings is 3. The smallest absolute Gasteiger partial charge is 0.265 e. The van der Waals surface area contributed by atoms with E-state index in [4.69, 9.17) is 5.73 Å². The summed E-state index contributed by atoms with van der Waals surface area (Å²) in [5, 5.41) is 0.710. The molecule has 0 fully saturated rings. The number of sulfonamides is 1. The second-order valence-corrected chi connectivity index (χ2v) is 10.9.